The number of methoxy groups -OCH3 is 1. The summed E-state index contributed by atoms with van der Waals surface area (Å²) in [7, 11) is -2.50. The summed E-state index contributed by atoms with van der Waals surface area (Å²) < 4.78 is 34.2. The predicted octanol–water partition coefficient (Wildman–Crippen LogP) is 2.33. The van der Waals surface area contributed by atoms with Crippen LogP contribution < -0.4 is 11.2 Å². The third kappa shape index (κ3) is 2.90. The molecule has 1 fully saturated rings. The van der Waals surface area contributed by atoms with Crippen LogP contribution in [0, 0.1) is 0 Å². The number of H-pyrrole nitrogens is 1. The summed E-state index contributed by atoms with van der Waals surface area (Å²) in [4.78, 5) is 26.2. The lowest BCUT2D eigenvalue weighted by molar-refractivity contribution is 0.162. The van der Waals surface area contributed by atoms with Gasteiger partial charge in [0, 0.05) is 18.8 Å². The van der Waals surface area contributed by atoms with Gasteiger partial charge in [-0.05, 0) is 42.1 Å². The molecule has 2 N–H and O–H groups in total. The molecule has 0 unspecified atom stereocenters. The highest BCUT2D eigenvalue weighted by molar-refractivity contribution is 7.91. The van der Waals surface area contributed by atoms with Crippen molar-refractivity contribution < 1.29 is 18.4 Å². The molecule has 0 radical (unpaired) electrons. The lowest BCUT2D eigenvalue weighted by atomic mass is 10.2. The lowest BCUT2D eigenvalue weighted by Gasteiger charge is -2.11. The van der Waals surface area contributed by atoms with E-state index in [9.17, 15) is 23.2 Å². The molecule has 0 saturated heterocycles. The first-order valence-electron chi connectivity index (χ1n) is 9.29. The van der Waals surface area contributed by atoms with Crippen LogP contribution in [0.5, 0.6) is 0 Å². The van der Waals surface area contributed by atoms with Crippen molar-refractivity contribution in [2.75, 3.05) is 7.11 Å². The molecule has 2 aromatic carbocycles. The fourth-order valence-corrected chi connectivity index (χ4v) is 5.57. The van der Waals surface area contributed by atoms with Crippen LogP contribution in [-0.4, -0.2) is 41.1 Å². The number of halogens is 1. The molecule has 0 amide bonds. The molecule has 11 heteroatoms. The van der Waals surface area contributed by atoms with Gasteiger partial charge in [-0.2, -0.15) is 0 Å². The molecule has 1 saturated carbocycles. The van der Waals surface area contributed by atoms with Gasteiger partial charge in [0.15, 0.2) is 0 Å². The minimum absolute atomic E-state index is 0.00721. The summed E-state index contributed by atoms with van der Waals surface area (Å²) in [5.41, 5.74) is -1.80. The SMILES string of the molecule is CO[C@@H]1C[C@H]1n1ccc2ccc(S(=O)(=O)c3ccc(Cl)c4c(=O)n(O)c(=O)[nH]c34)cc21. The van der Waals surface area contributed by atoms with Gasteiger partial charge in [0.2, 0.25) is 9.84 Å². The van der Waals surface area contributed by atoms with E-state index in [-0.39, 0.29) is 42.6 Å². The Labute approximate surface area is 179 Å². The van der Waals surface area contributed by atoms with Gasteiger partial charge in [0.05, 0.1) is 37.9 Å². The van der Waals surface area contributed by atoms with Crippen molar-refractivity contribution in [2.45, 2.75) is 28.4 Å². The highest BCUT2D eigenvalue weighted by atomic mass is 35.5. The second kappa shape index (κ2) is 6.71. The first kappa shape index (κ1) is 19.9. The fraction of sp³-hybridized carbons (Fsp3) is 0.200. The first-order chi connectivity index (χ1) is 14.7. The second-order valence-electron chi connectivity index (χ2n) is 7.37. The topological polar surface area (TPSA) is 123 Å². The Morgan fingerprint density at radius 3 is 2.68 bits per heavy atom. The predicted molar refractivity (Wildman–Crippen MR) is 113 cm³/mol. The molecule has 5 rings (SSSR count). The van der Waals surface area contributed by atoms with Gasteiger partial charge < -0.3 is 19.5 Å². The van der Waals surface area contributed by atoms with E-state index in [4.69, 9.17) is 16.3 Å². The standard InChI is InChI=1S/C20H16ClN3O6S/c1-30-15-9-14(15)23-7-6-10-2-3-11(8-13(10)23)31(28,29)16-5-4-12(21)17-18(16)22-20(26)24(27)19(17)25/h2-8,14-15,27H,9H2,1H3,(H,22,26)/t14-,15-/m1/s1. The zero-order chi connectivity index (χ0) is 22.1. The van der Waals surface area contributed by atoms with E-state index in [1.165, 1.54) is 18.2 Å². The third-order valence-corrected chi connectivity index (χ3v) is 7.71. The molecule has 0 bridgehead atoms. The summed E-state index contributed by atoms with van der Waals surface area (Å²) in [5, 5.41) is 10.1. The minimum Gasteiger partial charge on any atom is -0.421 e. The van der Waals surface area contributed by atoms with Crippen molar-refractivity contribution in [1.29, 1.82) is 0 Å². The van der Waals surface area contributed by atoms with Crippen molar-refractivity contribution in [1.82, 2.24) is 14.3 Å². The summed E-state index contributed by atoms with van der Waals surface area (Å²) >= 11 is 6.05. The highest BCUT2D eigenvalue weighted by Crippen LogP contribution is 2.41. The van der Waals surface area contributed by atoms with Gasteiger partial charge in [0.1, 0.15) is 0 Å². The maximum atomic E-state index is 13.5. The molecule has 0 spiro atoms. The third-order valence-electron chi connectivity index (χ3n) is 5.60. The summed E-state index contributed by atoms with van der Waals surface area (Å²) in [5.74, 6) is 0. The zero-order valence-corrected chi connectivity index (χ0v) is 17.6. The monoisotopic (exact) mass is 461 g/mol. The Bertz CT molecular complexity index is 1600. The zero-order valence-electron chi connectivity index (χ0n) is 16.1. The Morgan fingerprint density at radius 1 is 1.19 bits per heavy atom. The van der Waals surface area contributed by atoms with Crippen molar-refractivity contribution in [3.05, 3.63) is 68.5 Å². The van der Waals surface area contributed by atoms with E-state index in [0.29, 0.717) is 0 Å². The normalized spacial score (nSPS) is 18.6. The number of fused-ring (bicyclic) bond motifs is 2. The lowest BCUT2D eigenvalue weighted by Crippen LogP contribution is -2.33. The molecule has 1 aliphatic carbocycles. The smallest absolute Gasteiger partial charge is 0.362 e. The molecule has 31 heavy (non-hydrogen) atoms. The number of hydrogen-bond donors (Lipinski definition) is 2. The molecular formula is C20H16ClN3O6S. The van der Waals surface area contributed by atoms with Gasteiger partial charge >= 0.3 is 5.69 Å². The number of benzene rings is 2. The van der Waals surface area contributed by atoms with Crippen LogP contribution in [-0.2, 0) is 14.6 Å². The Balaban J connectivity index is 1.73. The molecule has 160 valence electrons. The van der Waals surface area contributed by atoms with E-state index < -0.39 is 21.1 Å². The minimum atomic E-state index is -4.14. The maximum Gasteiger partial charge on any atom is 0.362 e. The molecule has 2 aromatic heterocycles. The number of ether oxygens (including phenoxy) is 1. The highest BCUT2D eigenvalue weighted by Gasteiger charge is 2.39. The summed E-state index contributed by atoms with van der Waals surface area (Å²) in [6, 6.07) is 9.22. The summed E-state index contributed by atoms with van der Waals surface area (Å²) in [6.07, 6.45) is 2.82. The van der Waals surface area contributed by atoms with Crippen LogP contribution in [0.15, 0.2) is 62.0 Å². The van der Waals surface area contributed by atoms with Crippen molar-refractivity contribution in [2.24, 2.45) is 0 Å². The van der Waals surface area contributed by atoms with Gasteiger partial charge in [-0.1, -0.05) is 22.4 Å². The number of nitrogens with zero attached hydrogens (tertiary/aromatic N) is 2. The molecule has 2 heterocycles. The van der Waals surface area contributed by atoms with Crippen LogP contribution in [0.2, 0.25) is 5.02 Å². The van der Waals surface area contributed by atoms with Gasteiger partial charge in [0.25, 0.3) is 5.56 Å². The molecule has 9 nitrogen and oxygen atoms in total. The molecule has 1 aliphatic rings. The van der Waals surface area contributed by atoms with Gasteiger partial charge in [-0.25, -0.2) is 13.2 Å². The Morgan fingerprint density at radius 2 is 1.97 bits per heavy atom. The van der Waals surface area contributed by atoms with Gasteiger partial charge in [-0.3, -0.25) is 4.79 Å². The second-order valence-corrected chi connectivity index (χ2v) is 9.69. The van der Waals surface area contributed by atoms with Crippen molar-refractivity contribution in [3.8, 4) is 0 Å². The van der Waals surface area contributed by atoms with E-state index in [1.54, 1.807) is 19.2 Å². The number of aromatic nitrogens is 3. The average molecular weight is 462 g/mol. The number of rotatable bonds is 4. The van der Waals surface area contributed by atoms with Crippen LogP contribution in [0.3, 0.4) is 0 Å². The number of sulfone groups is 1. The van der Waals surface area contributed by atoms with Crippen molar-refractivity contribution in [3.63, 3.8) is 0 Å². The van der Waals surface area contributed by atoms with E-state index in [1.807, 2.05) is 16.8 Å². The van der Waals surface area contributed by atoms with Crippen LogP contribution in [0.4, 0.5) is 0 Å². The average Bonchev–Trinajstić information content (AvgIpc) is 3.41. The Kier molecular flexibility index (Phi) is 4.30. The van der Waals surface area contributed by atoms with E-state index in [0.717, 1.165) is 17.3 Å². The van der Waals surface area contributed by atoms with Crippen molar-refractivity contribution >= 4 is 43.2 Å². The summed E-state index contributed by atoms with van der Waals surface area (Å²) in [6.45, 7) is 0. The fourth-order valence-electron chi connectivity index (χ4n) is 3.89. The van der Waals surface area contributed by atoms with Crippen LogP contribution in [0.25, 0.3) is 21.8 Å². The molecule has 4 aromatic rings. The largest absolute Gasteiger partial charge is 0.421 e. The first-order valence-corrected chi connectivity index (χ1v) is 11.2. The molecule has 0 aliphatic heterocycles. The van der Waals surface area contributed by atoms with E-state index in [2.05, 4.69) is 4.98 Å². The van der Waals surface area contributed by atoms with Crippen LogP contribution >= 0.6 is 11.6 Å². The molecular weight excluding hydrogens is 446 g/mol. The number of aromatic amines is 1. The Hall–Kier alpha value is -3.08. The van der Waals surface area contributed by atoms with Crippen LogP contribution in [0.1, 0.15) is 12.5 Å². The van der Waals surface area contributed by atoms with Gasteiger partial charge in [-0.15, -0.1) is 0 Å². The van der Waals surface area contributed by atoms with E-state index >= 15 is 0 Å². The number of nitrogens with one attached hydrogen (secondary N) is 1. The molecule has 2 atom stereocenters. The number of hydrogen-bond acceptors (Lipinski definition) is 6. The quantitative estimate of drug-likeness (QED) is 0.449. The maximum absolute atomic E-state index is 13.5.